The van der Waals surface area contributed by atoms with Gasteiger partial charge in [-0.25, -0.2) is 0 Å². The molecule has 2 N–H and O–H groups in total. The number of hydrogen-bond acceptors (Lipinski definition) is 3. The van der Waals surface area contributed by atoms with Crippen LogP contribution in [0.5, 0.6) is 0 Å². The van der Waals surface area contributed by atoms with E-state index in [-0.39, 0.29) is 18.1 Å². The van der Waals surface area contributed by atoms with Crippen molar-refractivity contribution in [2.45, 2.75) is 45.1 Å². The Morgan fingerprint density at radius 3 is 2.59 bits per heavy atom. The molecular formula is C13H19NO2S. The lowest BCUT2D eigenvalue weighted by molar-refractivity contribution is 0.0842. The van der Waals surface area contributed by atoms with Gasteiger partial charge < -0.3 is 10.4 Å². The summed E-state index contributed by atoms with van der Waals surface area (Å²) in [7, 11) is 0. The average Bonchev–Trinajstić information content (AvgIpc) is 2.88. The van der Waals surface area contributed by atoms with Crippen molar-refractivity contribution in [2.24, 2.45) is 0 Å². The van der Waals surface area contributed by atoms with Gasteiger partial charge in [-0.3, -0.25) is 4.79 Å². The summed E-state index contributed by atoms with van der Waals surface area (Å²) < 4.78 is 0. The Balaban J connectivity index is 2.10. The van der Waals surface area contributed by atoms with Gasteiger partial charge in [0.15, 0.2) is 0 Å². The highest BCUT2D eigenvalue weighted by molar-refractivity contribution is 7.14. The molecule has 0 bridgehead atoms. The lowest BCUT2D eigenvalue weighted by Crippen LogP contribution is -2.49. The fraction of sp³-hybridized carbons (Fsp3) is 0.615. The van der Waals surface area contributed by atoms with Gasteiger partial charge in [0.1, 0.15) is 0 Å². The summed E-state index contributed by atoms with van der Waals surface area (Å²) in [6, 6.07) is 1.93. The van der Waals surface area contributed by atoms with Crippen LogP contribution in [0.4, 0.5) is 0 Å². The number of amides is 1. The zero-order valence-corrected chi connectivity index (χ0v) is 11.2. The molecule has 4 heteroatoms. The van der Waals surface area contributed by atoms with E-state index < -0.39 is 0 Å². The fourth-order valence-electron chi connectivity index (χ4n) is 2.36. The van der Waals surface area contributed by atoms with E-state index in [2.05, 4.69) is 5.32 Å². The molecule has 0 spiro atoms. The van der Waals surface area contributed by atoms with Crippen LogP contribution in [-0.4, -0.2) is 23.2 Å². The Bertz CT molecular complexity index is 400. The number of aliphatic hydroxyl groups excluding tert-OH is 1. The van der Waals surface area contributed by atoms with Gasteiger partial charge in [0.25, 0.3) is 5.91 Å². The summed E-state index contributed by atoms with van der Waals surface area (Å²) in [5.41, 5.74) is 0.785. The molecule has 1 aromatic heterocycles. The minimum absolute atomic E-state index is 0.0397. The van der Waals surface area contributed by atoms with E-state index in [0.29, 0.717) is 0 Å². The van der Waals surface area contributed by atoms with Crippen molar-refractivity contribution in [3.05, 3.63) is 21.4 Å². The standard InChI is InChI=1S/C13H19NO2S/c1-9-7-11(17-10(9)2)12(16)14-13(8-15)5-3-4-6-13/h7,15H,3-6,8H2,1-2H3,(H,14,16). The van der Waals surface area contributed by atoms with Gasteiger partial charge in [-0.15, -0.1) is 11.3 Å². The van der Waals surface area contributed by atoms with Crippen LogP contribution in [0.15, 0.2) is 6.07 Å². The van der Waals surface area contributed by atoms with E-state index in [0.717, 1.165) is 36.1 Å². The van der Waals surface area contributed by atoms with Gasteiger partial charge in [0.05, 0.1) is 17.0 Å². The Morgan fingerprint density at radius 2 is 2.12 bits per heavy atom. The van der Waals surface area contributed by atoms with Gasteiger partial charge in [0, 0.05) is 4.88 Å². The van der Waals surface area contributed by atoms with E-state index in [1.807, 2.05) is 19.9 Å². The van der Waals surface area contributed by atoms with Crippen LogP contribution in [0.3, 0.4) is 0 Å². The molecule has 1 aliphatic carbocycles. The molecule has 1 saturated carbocycles. The van der Waals surface area contributed by atoms with Gasteiger partial charge >= 0.3 is 0 Å². The van der Waals surface area contributed by atoms with Crippen molar-refractivity contribution in [1.82, 2.24) is 5.32 Å². The molecular weight excluding hydrogens is 234 g/mol. The summed E-state index contributed by atoms with van der Waals surface area (Å²) in [6.07, 6.45) is 3.95. The minimum atomic E-state index is -0.372. The normalized spacial score (nSPS) is 18.3. The number of carbonyl (C=O) groups excluding carboxylic acids is 1. The van der Waals surface area contributed by atoms with E-state index in [4.69, 9.17) is 0 Å². The number of thiophene rings is 1. The smallest absolute Gasteiger partial charge is 0.261 e. The number of rotatable bonds is 3. The first-order valence-corrected chi connectivity index (χ1v) is 6.88. The van der Waals surface area contributed by atoms with Crippen LogP contribution >= 0.6 is 11.3 Å². The number of aryl methyl sites for hydroxylation is 2. The van der Waals surface area contributed by atoms with Crippen molar-refractivity contribution in [3.8, 4) is 0 Å². The Morgan fingerprint density at radius 1 is 1.47 bits per heavy atom. The summed E-state index contributed by atoms with van der Waals surface area (Å²) in [5.74, 6) is -0.0397. The maximum absolute atomic E-state index is 12.1. The van der Waals surface area contributed by atoms with E-state index in [1.165, 1.54) is 16.2 Å². The van der Waals surface area contributed by atoms with Gasteiger partial charge in [0.2, 0.25) is 0 Å². The van der Waals surface area contributed by atoms with Crippen LogP contribution in [0.1, 0.15) is 45.8 Å². The highest BCUT2D eigenvalue weighted by Crippen LogP contribution is 2.30. The van der Waals surface area contributed by atoms with Crippen molar-refractivity contribution in [2.75, 3.05) is 6.61 Å². The van der Waals surface area contributed by atoms with E-state index >= 15 is 0 Å². The van der Waals surface area contributed by atoms with Gasteiger partial charge in [-0.05, 0) is 38.3 Å². The predicted octanol–water partition coefficient (Wildman–Crippen LogP) is 2.40. The average molecular weight is 253 g/mol. The highest BCUT2D eigenvalue weighted by Gasteiger charge is 2.35. The second-order valence-electron chi connectivity index (χ2n) is 4.95. The monoisotopic (exact) mass is 253 g/mol. The van der Waals surface area contributed by atoms with Crippen LogP contribution in [0.2, 0.25) is 0 Å². The first-order valence-electron chi connectivity index (χ1n) is 6.07. The molecule has 94 valence electrons. The molecule has 3 nitrogen and oxygen atoms in total. The van der Waals surface area contributed by atoms with Crippen molar-refractivity contribution in [3.63, 3.8) is 0 Å². The maximum atomic E-state index is 12.1. The SMILES string of the molecule is Cc1cc(C(=O)NC2(CO)CCCC2)sc1C. The van der Waals surface area contributed by atoms with Crippen LogP contribution in [0, 0.1) is 13.8 Å². The second-order valence-corrected chi connectivity index (χ2v) is 6.21. The molecule has 2 rings (SSSR count). The first kappa shape index (κ1) is 12.6. The molecule has 1 amide bonds. The molecule has 17 heavy (non-hydrogen) atoms. The number of carbonyl (C=O) groups is 1. The highest BCUT2D eigenvalue weighted by atomic mass is 32.1. The Labute approximate surface area is 106 Å². The third-order valence-electron chi connectivity index (χ3n) is 3.63. The largest absolute Gasteiger partial charge is 0.394 e. The zero-order valence-electron chi connectivity index (χ0n) is 10.4. The van der Waals surface area contributed by atoms with Gasteiger partial charge in [-0.2, -0.15) is 0 Å². The molecule has 0 aliphatic heterocycles. The summed E-state index contributed by atoms with van der Waals surface area (Å²) in [6.45, 7) is 4.08. The molecule has 1 fully saturated rings. The Hall–Kier alpha value is -0.870. The van der Waals surface area contributed by atoms with Crippen molar-refractivity contribution in [1.29, 1.82) is 0 Å². The molecule has 0 atom stereocenters. The molecule has 0 aromatic carbocycles. The van der Waals surface area contributed by atoms with Crippen molar-refractivity contribution < 1.29 is 9.90 Å². The lowest BCUT2D eigenvalue weighted by atomic mass is 9.99. The van der Waals surface area contributed by atoms with Crippen LogP contribution in [-0.2, 0) is 0 Å². The maximum Gasteiger partial charge on any atom is 0.261 e. The molecule has 0 saturated heterocycles. The zero-order chi connectivity index (χ0) is 12.5. The second kappa shape index (κ2) is 4.78. The Kier molecular flexibility index (Phi) is 3.54. The van der Waals surface area contributed by atoms with Crippen LogP contribution < -0.4 is 5.32 Å². The predicted molar refractivity (Wildman–Crippen MR) is 69.5 cm³/mol. The number of aliphatic hydroxyl groups is 1. The third kappa shape index (κ3) is 2.53. The topological polar surface area (TPSA) is 49.3 Å². The van der Waals surface area contributed by atoms with Crippen LogP contribution in [0.25, 0.3) is 0 Å². The molecule has 0 unspecified atom stereocenters. The molecule has 1 aromatic rings. The third-order valence-corrected chi connectivity index (χ3v) is 4.78. The van der Waals surface area contributed by atoms with E-state index in [1.54, 1.807) is 0 Å². The number of nitrogens with one attached hydrogen (secondary N) is 1. The van der Waals surface area contributed by atoms with Gasteiger partial charge in [-0.1, -0.05) is 12.8 Å². The van der Waals surface area contributed by atoms with Crippen molar-refractivity contribution >= 4 is 17.2 Å². The number of hydrogen-bond donors (Lipinski definition) is 2. The van der Waals surface area contributed by atoms with E-state index in [9.17, 15) is 9.90 Å². The molecule has 0 radical (unpaired) electrons. The first-order chi connectivity index (χ1) is 8.06. The summed E-state index contributed by atoms with van der Waals surface area (Å²) in [5, 5.41) is 12.5. The lowest BCUT2D eigenvalue weighted by Gasteiger charge is -2.27. The quantitative estimate of drug-likeness (QED) is 0.869. The minimum Gasteiger partial charge on any atom is -0.394 e. The fourth-order valence-corrected chi connectivity index (χ4v) is 3.29. The summed E-state index contributed by atoms with van der Waals surface area (Å²) in [4.78, 5) is 14.0. The molecule has 1 heterocycles. The summed E-state index contributed by atoms with van der Waals surface area (Å²) >= 11 is 1.52. The molecule has 1 aliphatic rings.